The summed E-state index contributed by atoms with van der Waals surface area (Å²) in [7, 11) is 0. The first kappa shape index (κ1) is 15.4. The summed E-state index contributed by atoms with van der Waals surface area (Å²) in [5, 5.41) is 23.8. The molecule has 0 spiro atoms. The van der Waals surface area contributed by atoms with E-state index in [0.29, 0.717) is 5.82 Å². The van der Waals surface area contributed by atoms with Gasteiger partial charge in [-0.25, -0.2) is 0 Å². The molecule has 1 unspecified atom stereocenters. The van der Waals surface area contributed by atoms with E-state index in [1.54, 1.807) is 12.1 Å². The fourth-order valence-electron chi connectivity index (χ4n) is 1.33. The SMILES string of the molecule is O=C(Cn1nnc(-c2cccs2)n1)NCC(O)C(F)(F)F. The second kappa shape index (κ2) is 6.18. The minimum absolute atomic E-state index is 0.327. The number of halogens is 3. The van der Waals surface area contributed by atoms with Gasteiger partial charge in [0, 0.05) is 0 Å². The summed E-state index contributed by atoms with van der Waals surface area (Å²) in [4.78, 5) is 13.1. The molecule has 2 rings (SSSR count). The summed E-state index contributed by atoms with van der Waals surface area (Å²) in [5.74, 6) is -0.429. The molecule has 114 valence electrons. The number of rotatable bonds is 5. The monoisotopic (exact) mass is 321 g/mol. The van der Waals surface area contributed by atoms with Gasteiger partial charge in [-0.1, -0.05) is 6.07 Å². The molecule has 1 amide bonds. The van der Waals surface area contributed by atoms with Crippen LogP contribution in [0.3, 0.4) is 0 Å². The normalized spacial score (nSPS) is 13.1. The van der Waals surface area contributed by atoms with Crippen LogP contribution in [0, 0.1) is 0 Å². The maximum absolute atomic E-state index is 12.0. The number of hydrogen-bond acceptors (Lipinski definition) is 6. The number of thiophene rings is 1. The summed E-state index contributed by atoms with van der Waals surface area (Å²) < 4.78 is 36.1. The van der Waals surface area contributed by atoms with Crippen molar-refractivity contribution in [1.29, 1.82) is 0 Å². The maximum atomic E-state index is 12.0. The zero-order valence-electron chi connectivity index (χ0n) is 10.4. The Morgan fingerprint density at radius 1 is 1.52 bits per heavy atom. The average Bonchev–Trinajstić information content (AvgIpc) is 3.04. The Bertz CT molecular complexity index is 598. The van der Waals surface area contributed by atoms with Crippen molar-refractivity contribution in [2.45, 2.75) is 18.8 Å². The highest BCUT2D eigenvalue weighted by molar-refractivity contribution is 7.13. The molecular weight excluding hydrogens is 311 g/mol. The van der Waals surface area contributed by atoms with E-state index in [-0.39, 0.29) is 6.54 Å². The molecule has 0 aliphatic rings. The molecule has 2 aromatic heterocycles. The van der Waals surface area contributed by atoms with E-state index in [1.807, 2.05) is 10.7 Å². The van der Waals surface area contributed by atoms with Gasteiger partial charge in [-0.2, -0.15) is 18.0 Å². The molecule has 1 atom stereocenters. The smallest absolute Gasteiger partial charge is 0.382 e. The maximum Gasteiger partial charge on any atom is 0.416 e. The molecule has 2 heterocycles. The zero-order chi connectivity index (χ0) is 15.5. The van der Waals surface area contributed by atoms with Crippen molar-refractivity contribution in [1.82, 2.24) is 25.5 Å². The van der Waals surface area contributed by atoms with Crippen LogP contribution < -0.4 is 5.32 Å². The highest BCUT2D eigenvalue weighted by Crippen LogP contribution is 2.20. The van der Waals surface area contributed by atoms with Crippen LogP contribution in [0.4, 0.5) is 13.2 Å². The van der Waals surface area contributed by atoms with Gasteiger partial charge < -0.3 is 10.4 Å². The first-order valence-corrected chi connectivity index (χ1v) is 6.57. The van der Waals surface area contributed by atoms with Gasteiger partial charge in [0.2, 0.25) is 11.7 Å². The van der Waals surface area contributed by atoms with Gasteiger partial charge in [-0.3, -0.25) is 4.79 Å². The van der Waals surface area contributed by atoms with Gasteiger partial charge in [0.25, 0.3) is 0 Å². The molecule has 0 aliphatic carbocycles. The van der Waals surface area contributed by atoms with Crippen LogP contribution >= 0.6 is 11.3 Å². The van der Waals surface area contributed by atoms with Gasteiger partial charge >= 0.3 is 6.18 Å². The summed E-state index contributed by atoms with van der Waals surface area (Å²) in [6, 6.07) is 3.57. The molecule has 2 N–H and O–H groups in total. The Morgan fingerprint density at radius 2 is 2.29 bits per heavy atom. The third-order valence-electron chi connectivity index (χ3n) is 2.35. The molecule has 0 saturated carbocycles. The van der Waals surface area contributed by atoms with Crippen molar-refractivity contribution in [3.05, 3.63) is 17.5 Å². The highest BCUT2D eigenvalue weighted by atomic mass is 32.1. The van der Waals surface area contributed by atoms with E-state index < -0.39 is 24.7 Å². The molecule has 0 bridgehead atoms. The van der Waals surface area contributed by atoms with Crippen molar-refractivity contribution < 1.29 is 23.1 Å². The molecule has 7 nitrogen and oxygen atoms in total. The van der Waals surface area contributed by atoms with Gasteiger partial charge in [-0.05, 0) is 16.7 Å². The predicted octanol–water partition coefficient (Wildman–Crippen LogP) is 0.441. The Labute approximate surface area is 120 Å². The number of amides is 1. The van der Waals surface area contributed by atoms with E-state index in [0.717, 1.165) is 9.67 Å². The van der Waals surface area contributed by atoms with Gasteiger partial charge in [0.05, 0.1) is 11.4 Å². The van der Waals surface area contributed by atoms with E-state index >= 15 is 0 Å². The fourth-order valence-corrected chi connectivity index (χ4v) is 1.97. The van der Waals surface area contributed by atoms with Gasteiger partial charge in [0.1, 0.15) is 6.54 Å². The molecule has 0 aromatic carbocycles. The number of aromatic nitrogens is 4. The van der Waals surface area contributed by atoms with E-state index in [2.05, 4.69) is 15.4 Å². The minimum atomic E-state index is -4.77. The summed E-state index contributed by atoms with van der Waals surface area (Å²) in [5.41, 5.74) is 0. The lowest BCUT2D eigenvalue weighted by Crippen LogP contribution is -2.41. The Morgan fingerprint density at radius 3 is 2.90 bits per heavy atom. The summed E-state index contributed by atoms with van der Waals surface area (Å²) in [6.07, 6.45) is -7.38. The van der Waals surface area contributed by atoms with E-state index in [9.17, 15) is 18.0 Å². The standard InChI is InChI=1S/C10H10F3N5O2S/c11-10(12,13)7(19)4-14-8(20)5-18-16-9(15-17-18)6-2-1-3-21-6/h1-3,7,19H,4-5H2,(H,14,20). The predicted molar refractivity (Wildman–Crippen MR) is 66.2 cm³/mol. The third kappa shape index (κ3) is 4.23. The molecular formula is C10H10F3N5O2S. The molecule has 0 saturated heterocycles. The van der Waals surface area contributed by atoms with Crippen molar-refractivity contribution >= 4 is 17.2 Å². The number of hydrogen-bond donors (Lipinski definition) is 2. The van der Waals surface area contributed by atoms with Crippen LogP contribution in [0.15, 0.2) is 17.5 Å². The van der Waals surface area contributed by atoms with Crippen LogP contribution in [0.2, 0.25) is 0 Å². The number of alkyl halides is 3. The Hall–Kier alpha value is -2.01. The Kier molecular flexibility index (Phi) is 4.53. The molecule has 0 aliphatic heterocycles. The highest BCUT2D eigenvalue weighted by Gasteiger charge is 2.38. The average molecular weight is 321 g/mol. The number of nitrogens with zero attached hydrogens (tertiary/aromatic N) is 4. The lowest BCUT2D eigenvalue weighted by atomic mass is 10.3. The number of aliphatic hydroxyl groups is 1. The molecule has 11 heteroatoms. The van der Waals surface area contributed by atoms with Crippen LogP contribution in [0.1, 0.15) is 0 Å². The largest absolute Gasteiger partial charge is 0.416 e. The summed E-state index contributed by atoms with van der Waals surface area (Å²) >= 11 is 1.39. The second-order valence-corrected chi connectivity index (χ2v) is 4.93. The number of carbonyl (C=O) groups is 1. The van der Waals surface area contributed by atoms with Crippen molar-refractivity contribution in [2.24, 2.45) is 0 Å². The first-order valence-electron chi connectivity index (χ1n) is 5.69. The van der Waals surface area contributed by atoms with E-state index in [4.69, 9.17) is 5.11 Å². The summed E-state index contributed by atoms with van der Waals surface area (Å²) in [6.45, 7) is -1.31. The zero-order valence-corrected chi connectivity index (χ0v) is 11.2. The van der Waals surface area contributed by atoms with Crippen LogP contribution in [-0.2, 0) is 11.3 Å². The van der Waals surface area contributed by atoms with Crippen molar-refractivity contribution in [3.63, 3.8) is 0 Å². The van der Waals surface area contributed by atoms with Crippen LogP contribution in [0.25, 0.3) is 10.7 Å². The first-order chi connectivity index (χ1) is 9.86. The molecule has 2 aromatic rings. The molecule has 0 radical (unpaired) electrons. The number of carbonyl (C=O) groups excluding carboxylic acids is 1. The third-order valence-corrected chi connectivity index (χ3v) is 3.22. The van der Waals surface area contributed by atoms with Crippen LogP contribution in [0.5, 0.6) is 0 Å². The van der Waals surface area contributed by atoms with Gasteiger partial charge in [0.15, 0.2) is 6.10 Å². The Balaban J connectivity index is 1.86. The topological polar surface area (TPSA) is 92.9 Å². The van der Waals surface area contributed by atoms with Gasteiger partial charge in [-0.15, -0.1) is 21.5 Å². The van der Waals surface area contributed by atoms with Crippen LogP contribution in [-0.4, -0.2) is 50.0 Å². The second-order valence-electron chi connectivity index (χ2n) is 3.98. The van der Waals surface area contributed by atoms with E-state index in [1.165, 1.54) is 11.3 Å². The fraction of sp³-hybridized carbons (Fsp3) is 0.400. The lowest BCUT2D eigenvalue weighted by molar-refractivity contribution is -0.201. The quantitative estimate of drug-likeness (QED) is 0.834. The number of aliphatic hydroxyl groups excluding tert-OH is 1. The number of nitrogens with one attached hydrogen (secondary N) is 1. The van der Waals surface area contributed by atoms with Crippen molar-refractivity contribution in [3.8, 4) is 10.7 Å². The molecule has 21 heavy (non-hydrogen) atoms. The van der Waals surface area contributed by atoms with Crippen molar-refractivity contribution in [2.75, 3.05) is 6.54 Å². The lowest BCUT2D eigenvalue weighted by Gasteiger charge is -2.14. The molecule has 0 fully saturated rings. The number of tetrazole rings is 1. The minimum Gasteiger partial charge on any atom is -0.382 e.